The molecule has 0 amide bonds. The summed E-state index contributed by atoms with van der Waals surface area (Å²) < 4.78 is 16.6. The molecule has 1 aliphatic rings. The molecule has 1 aromatic carbocycles. The molecule has 1 atom stereocenters. The molecular formula is C16H24O4. The zero-order valence-electron chi connectivity index (χ0n) is 12.9. The number of aldehydes is 1. The van der Waals surface area contributed by atoms with Crippen LogP contribution in [-0.2, 0) is 15.9 Å². The van der Waals surface area contributed by atoms with Gasteiger partial charge >= 0.3 is 0 Å². The van der Waals surface area contributed by atoms with Crippen molar-refractivity contribution in [1.82, 2.24) is 0 Å². The molecule has 0 aromatic heterocycles. The Balaban J connectivity index is 0.000000956. The highest BCUT2D eigenvalue weighted by molar-refractivity contribution is 5.75. The van der Waals surface area contributed by atoms with Gasteiger partial charge in [0, 0.05) is 12.0 Å². The number of methoxy groups -OCH3 is 1. The zero-order chi connectivity index (χ0) is 15.2. The fourth-order valence-electron chi connectivity index (χ4n) is 2.11. The van der Waals surface area contributed by atoms with Crippen LogP contribution in [-0.4, -0.2) is 31.9 Å². The third-order valence-corrected chi connectivity index (χ3v) is 2.96. The number of carbonyl (C=O) groups is 1. The highest BCUT2D eigenvalue weighted by Gasteiger charge is 2.32. The molecule has 4 heteroatoms. The molecule has 1 aliphatic heterocycles. The third kappa shape index (κ3) is 4.32. The van der Waals surface area contributed by atoms with Gasteiger partial charge in [0.05, 0.1) is 19.8 Å². The van der Waals surface area contributed by atoms with Gasteiger partial charge in [0.2, 0.25) is 0 Å². The van der Waals surface area contributed by atoms with Crippen LogP contribution in [0, 0.1) is 0 Å². The first-order chi connectivity index (χ1) is 9.54. The SMILES string of the molecule is CC.COc1cc(C=O)ccc1CC1COC(C)(C)O1. The number of benzene rings is 1. The number of hydrogen-bond acceptors (Lipinski definition) is 4. The first kappa shape index (κ1) is 16.7. The standard InChI is InChI=1S/C14H18O4.C2H6/c1-14(2)17-9-12(18-14)7-11-5-4-10(8-15)6-13(11)16-3;1-2/h4-6,8,12H,7,9H2,1-3H3;1-2H3. The summed E-state index contributed by atoms with van der Waals surface area (Å²) in [6.45, 7) is 8.38. The number of rotatable bonds is 4. The molecule has 0 radical (unpaired) electrons. The van der Waals surface area contributed by atoms with Crippen LogP contribution in [0.3, 0.4) is 0 Å². The lowest BCUT2D eigenvalue weighted by Gasteiger charge is -2.17. The summed E-state index contributed by atoms with van der Waals surface area (Å²) in [4.78, 5) is 10.7. The molecule has 2 rings (SSSR count). The van der Waals surface area contributed by atoms with Gasteiger partial charge in [-0.15, -0.1) is 0 Å². The average Bonchev–Trinajstić information content (AvgIpc) is 2.80. The highest BCUT2D eigenvalue weighted by atomic mass is 16.7. The third-order valence-electron chi connectivity index (χ3n) is 2.96. The van der Waals surface area contributed by atoms with Crippen molar-refractivity contribution >= 4 is 6.29 Å². The first-order valence-electron chi connectivity index (χ1n) is 6.98. The van der Waals surface area contributed by atoms with E-state index >= 15 is 0 Å². The average molecular weight is 280 g/mol. The van der Waals surface area contributed by atoms with Crippen LogP contribution in [0.25, 0.3) is 0 Å². The molecule has 1 unspecified atom stereocenters. The van der Waals surface area contributed by atoms with E-state index in [0.29, 0.717) is 24.3 Å². The number of hydrogen-bond donors (Lipinski definition) is 0. The minimum absolute atomic E-state index is 0.0241. The Kier molecular flexibility index (Phi) is 6.17. The molecule has 0 bridgehead atoms. The van der Waals surface area contributed by atoms with Gasteiger partial charge < -0.3 is 14.2 Å². The van der Waals surface area contributed by atoms with Gasteiger partial charge in [-0.1, -0.05) is 26.0 Å². The minimum atomic E-state index is -0.513. The van der Waals surface area contributed by atoms with Crippen LogP contribution < -0.4 is 4.74 Å². The topological polar surface area (TPSA) is 44.8 Å². The fourth-order valence-corrected chi connectivity index (χ4v) is 2.11. The van der Waals surface area contributed by atoms with Crippen molar-refractivity contribution in [2.75, 3.05) is 13.7 Å². The summed E-state index contributed by atoms with van der Waals surface area (Å²) in [6, 6.07) is 5.42. The first-order valence-corrected chi connectivity index (χ1v) is 6.98. The van der Waals surface area contributed by atoms with Crippen LogP contribution in [0.5, 0.6) is 5.75 Å². The predicted molar refractivity (Wildman–Crippen MR) is 78.3 cm³/mol. The van der Waals surface area contributed by atoms with Gasteiger partial charge in [-0.3, -0.25) is 4.79 Å². The Morgan fingerprint density at radius 2 is 2.10 bits per heavy atom. The monoisotopic (exact) mass is 280 g/mol. The lowest BCUT2D eigenvalue weighted by Crippen LogP contribution is -2.22. The van der Waals surface area contributed by atoms with Crippen LogP contribution in [0.4, 0.5) is 0 Å². The molecule has 1 fully saturated rings. The maximum atomic E-state index is 10.7. The molecule has 0 saturated carbocycles. The van der Waals surface area contributed by atoms with Crippen LogP contribution in [0.1, 0.15) is 43.6 Å². The lowest BCUT2D eigenvalue weighted by atomic mass is 10.0. The van der Waals surface area contributed by atoms with E-state index in [2.05, 4.69) is 0 Å². The summed E-state index contributed by atoms with van der Waals surface area (Å²) >= 11 is 0. The summed E-state index contributed by atoms with van der Waals surface area (Å²) in [5, 5.41) is 0. The predicted octanol–water partition coefficient (Wildman–Crippen LogP) is 3.23. The van der Waals surface area contributed by atoms with Gasteiger partial charge in [-0.2, -0.15) is 0 Å². The van der Waals surface area contributed by atoms with Gasteiger partial charge in [0.1, 0.15) is 12.0 Å². The van der Waals surface area contributed by atoms with E-state index in [-0.39, 0.29) is 6.10 Å². The van der Waals surface area contributed by atoms with Crippen molar-refractivity contribution in [3.05, 3.63) is 29.3 Å². The van der Waals surface area contributed by atoms with E-state index in [0.717, 1.165) is 11.8 Å². The second-order valence-corrected chi connectivity index (χ2v) is 4.84. The van der Waals surface area contributed by atoms with E-state index in [9.17, 15) is 4.79 Å². The molecular weight excluding hydrogens is 256 g/mol. The van der Waals surface area contributed by atoms with E-state index in [1.807, 2.05) is 33.8 Å². The normalized spacial score (nSPS) is 19.9. The minimum Gasteiger partial charge on any atom is -0.496 e. The van der Waals surface area contributed by atoms with Crippen LogP contribution in [0.2, 0.25) is 0 Å². The fraction of sp³-hybridized carbons (Fsp3) is 0.562. The molecule has 1 saturated heterocycles. The Morgan fingerprint density at radius 1 is 1.40 bits per heavy atom. The molecule has 4 nitrogen and oxygen atoms in total. The molecule has 0 N–H and O–H groups in total. The lowest BCUT2D eigenvalue weighted by molar-refractivity contribution is -0.138. The largest absolute Gasteiger partial charge is 0.496 e. The summed E-state index contributed by atoms with van der Waals surface area (Å²) in [7, 11) is 1.60. The Morgan fingerprint density at radius 3 is 2.60 bits per heavy atom. The summed E-state index contributed by atoms with van der Waals surface area (Å²) in [6.07, 6.45) is 1.55. The van der Waals surface area contributed by atoms with E-state index in [4.69, 9.17) is 14.2 Å². The van der Waals surface area contributed by atoms with Crippen molar-refractivity contribution in [2.24, 2.45) is 0 Å². The van der Waals surface area contributed by atoms with Crippen molar-refractivity contribution in [1.29, 1.82) is 0 Å². The van der Waals surface area contributed by atoms with Gasteiger partial charge in [0.15, 0.2) is 5.79 Å². The second-order valence-electron chi connectivity index (χ2n) is 4.84. The number of ether oxygens (including phenoxy) is 3. The van der Waals surface area contributed by atoms with E-state index < -0.39 is 5.79 Å². The number of carbonyl (C=O) groups excluding carboxylic acids is 1. The molecule has 1 heterocycles. The van der Waals surface area contributed by atoms with Crippen molar-refractivity contribution in [3.8, 4) is 5.75 Å². The quantitative estimate of drug-likeness (QED) is 0.794. The second kappa shape index (κ2) is 7.41. The zero-order valence-corrected chi connectivity index (χ0v) is 12.9. The Labute approximate surface area is 121 Å². The van der Waals surface area contributed by atoms with E-state index in [1.54, 1.807) is 19.2 Å². The highest BCUT2D eigenvalue weighted by Crippen LogP contribution is 2.28. The summed E-state index contributed by atoms with van der Waals surface area (Å²) in [5.74, 6) is 0.202. The molecule has 20 heavy (non-hydrogen) atoms. The Bertz CT molecular complexity index is 440. The maximum absolute atomic E-state index is 10.7. The van der Waals surface area contributed by atoms with Crippen LogP contribution >= 0.6 is 0 Å². The summed E-state index contributed by atoms with van der Waals surface area (Å²) in [5.41, 5.74) is 1.63. The van der Waals surface area contributed by atoms with Crippen molar-refractivity contribution in [3.63, 3.8) is 0 Å². The van der Waals surface area contributed by atoms with Gasteiger partial charge in [0.25, 0.3) is 0 Å². The smallest absolute Gasteiger partial charge is 0.163 e. The molecule has 1 aromatic rings. The Hall–Kier alpha value is -1.39. The van der Waals surface area contributed by atoms with Crippen LogP contribution in [0.15, 0.2) is 18.2 Å². The van der Waals surface area contributed by atoms with Gasteiger partial charge in [-0.25, -0.2) is 0 Å². The van der Waals surface area contributed by atoms with Crippen molar-refractivity contribution < 1.29 is 19.0 Å². The maximum Gasteiger partial charge on any atom is 0.163 e. The van der Waals surface area contributed by atoms with E-state index in [1.165, 1.54) is 0 Å². The van der Waals surface area contributed by atoms with Gasteiger partial charge in [-0.05, 0) is 25.5 Å². The molecule has 112 valence electrons. The molecule has 0 spiro atoms. The van der Waals surface area contributed by atoms with Crippen molar-refractivity contribution in [2.45, 2.75) is 46.0 Å². The molecule has 0 aliphatic carbocycles.